The molecule has 1 spiro atoms. The number of hydrogen-bond donors (Lipinski definition) is 1. The van der Waals surface area contributed by atoms with E-state index < -0.39 is 17.3 Å². The van der Waals surface area contributed by atoms with Gasteiger partial charge in [-0.05, 0) is 68.6 Å². The van der Waals surface area contributed by atoms with Gasteiger partial charge < -0.3 is 5.32 Å². The van der Waals surface area contributed by atoms with E-state index in [2.05, 4.69) is 15.2 Å². The topological polar surface area (TPSA) is 45.2 Å². The van der Waals surface area contributed by atoms with Crippen LogP contribution in [0.3, 0.4) is 0 Å². The van der Waals surface area contributed by atoms with E-state index >= 15 is 0 Å². The molecule has 2 aliphatic rings. The Morgan fingerprint density at radius 2 is 1.83 bits per heavy atom. The van der Waals surface area contributed by atoms with Crippen molar-refractivity contribution in [2.45, 2.75) is 43.9 Å². The summed E-state index contributed by atoms with van der Waals surface area (Å²) < 4.78 is 38.5. The number of carbonyl (C=O) groups is 1. The Hall–Kier alpha value is -2.12. The van der Waals surface area contributed by atoms with Gasteiger partial charge in [0.15, 0.2) is 0 Å². The third-order valence-corrected chi connectivity index (χ3v) is 6.08. The lowest BCUT2D eigenvalue weighted by molar-refractivity contribution is -0.137. The molecule has 3 heterocycles. The first-order valence-electron chi connectivity index (χ1n) is 9.38. The number of alkyl halides is 3. The molecule has 2 saturated heterocycles. The molecular weight excluding hydrogens is 403 g/mol. The van der Waals surface area contributed by atoms with Crippen molar-refractivity contribution in [1.29, 1.82) is 0 Å². The minimum atomic E-state index is -4.35. The summed E-state index contributed by atoms with van der Waals surface area (Å²) in [4.78, 5) is 19.2. The molecule has 2 atom stereocenters. The molecule has 8 heteroatoms. The monoisotopic (exact) mass is 425 g/mol. The van der Waals surface area contributed by atoms with Crippen molar-refractivity contribution < 1.29 is 18.0 Å². The van der Waals surface area contributed by atoms with Crippen LogP contribution in [0, 0.1) is 6.92 Å². The lowest BCUT2D eigenvalue weighted by Crippen LogP contribution is -2.48. The molecule has 2 aliphatic heterocycles. The number of nitrogens with zero attached hydrogens (tertiary/aromatic N) is 2. The first-order chi connectivity index (χ1) is 13.2. The zero-order valence-corrected chi connectivity index (χ0v) is 17.0. The summed E-state index contributed by atoms with van der Waals surface area (Å²) in [6, 6.07) is 9.00. The summed E-state index contributed by atoms with van der Waals surface area (Å²) in [6.45, 7) is 2.57. The van der Waals surface area contributed by atoms with Gasteiger partial charge in [0.25, 0.3) is 0 Å². The highest BCUT2D eigenvalue weighted by molar-refractivity contribution is 5.88. The number of rotatable bonds is 2. The standard InChI is InChI=1S/C21H22F3N3O.ClH/c1-13-11-15(14-3-5-16(6-4-14)21(22,23)24)12-17(26-13)18-7-8-20(27(18)2)9-10-25-19(20)28;/h3-6,11-12,18H,7-10H2,1-2H3,(H,25,28);1H/t18-,20+;/m1./s1. The Kier molecular flexibility index (Phi) is 5.66. The van der Waals surface area contributed by atoms with Gasteiger partial charge in [-0.3, -0.25) is 14.7 Å². The fraction of sp³-hybridized carbons (Fsp3) is 0.429. The fourth-order valence-electron chi connectivity index (χ4n) is 4.51. The van der Waals surface area contributed by atoms with E-state index in [9.17, 15) is 18.0 Å². The second-order valence-corrected chi connectivity index (χ2v) is 7.70. The smallest absolute Gasteiger partial charge is 0.354 e. The summed E-state index contributed by atoms with van der Waals surface area (Å²) in [5.41, 5.74) is 2.08. The zero-order chi connectivity index (χ0) is 20.1. The Bertz CT molecular complexity index is 916. The number of aryl methyl sites for hydroxylation is 1. The first-order valence-corrected chi connectivity index (χ1v) is 9.38. The summed E-state index contributed by atoms with van der Waals surface area (Å²) >= 11 is 0. The maximum Gasteiger partial charge on any atom is 0.416 e. The van der Waals surface area contributed by atoms with Gasteiger partial charge in [-0.25, -0.2) is 0 Å². The van der Waals surface area contributed by atoms with Gasteiger partial charge in [-0.1, -0.05) is 12.1 Å². The van der Waals surface area contributed by atoms with Crippen LogP contribution in [-0.4, -0.2) is 34.9 Å². The zero-order valence-electron chi connectivity index (χ0n) is 16.2. The van der Waals surface area contributed by atoms with Gasteiger partial charge in [0.2, 0.25) is 5.91 Å². The number of aromatic nitrogens is 1. The highest BCUT2D eigenvalue weighted by atomic mass is 35.5. The van der Waals surface area contributed by atoms with Crippen LogP contribution in [0.1, 0.15) is 42.3 Å². The van der Waals surface area contributed by atoms with Crippen LogP contribution in [0.2, 0.25) is 0 Å². The van der Waals surface area contributed by atoms with Gasteiger partial charge in [0.1, 0.15) is 5.54 Å². The Labute approximate surface area is 173 Å². The molecule has 1 N–H and O–H groups in total. The van der Waals surface area contributed by atoms with Crippen LogP contribution in [-0.2, 0) is 11.0 Å². The molecule has 4 rings (SSSR count). The van der Waals surface area contributed by atoms with Crippen LogP contribution < -0.4 is 5.32 Å². The molecule has 0 bridgehead atoms. The number of carbonyl (C=O) groups excluding carboxylic acids is 1. The summed E-state index contributed by atoms with van der Waals surface area (Å²) in [6.07, 6.45) is -1.95. The average Bonchev–Trinajstić information content (AvgIpc) is 3.18. The molecule has 1 aromatic heterocycles. The van der Waals surface area contributed by atoms with Crippen molar-refractivity contribution in [3.63, 3.8) is 0 Å². The minimum Gasteiger partial charge on any atom is -0.354 e. The van der Waals surface area contributed by atoms with Crippen molar-refractivity contribution in [2.24, 2.45) is 0 Å². The number of hydrogen-bond acceptors (Lipinski definition) is 3. The van der Waals surface area contributed by atoms with Crippen molar-refractivity contribution in [3.05, 3.63) is 53.3 Å². The average molecular weight is 426 g/mol. The van der Waals surface area contributed by atoms with E-state index in [-0.39, 0.29) is 24.4 Å². The second-order valence-electron chi connectivity index (χ2n) is 7.70. The largest absolute Gasteiger partial charge is 0.416 e. The predicted molar refractivity (Wildman–Crippen MR) is 107 cm³/mol. The van der Waals surface area contributed by atoms with Crippen molar-refractivity contribution >= 4 is 18.3 Å². The number of benzene rings is 1. The van der Waals surface area contributed by atoms with Crippen LogP contribution >= 0.6 is 12.4 Å². The fourth-order valence-corrected chi connectivity index (χ4v) is 4.51. The Morgan fingerprint density at radius 3 is 2.41 bits per heavy atom. The highest BCUT2D eigenvalue weighted by Gasteiger charge is 2.52. The van der Waals surface area contributed by atoms with Crippen LogP contribution in [0.15, 0.2) is 36.4 Å². The number of likely N-dealkylation sites (tertiary alicyclic amines) is 1. The summed E-state index contributed by atoms with van der Waals surface area (Å²) in [7, 11) is 1.96. The molecule has 1 aromatic carbocycles. The van der Waals surface area contributed by atoms with E-state index in [0.717, 1.165) is 48.3 Å². The van der Waals surface area contributed by atoms with Crippen LogP contribution in [0.5, 0.6) is 0 Å². The minimum absolute atomic E-state index is 0. The quantitative estimate of drug-likeness (QED) is 0.769. The van der Waals surface area contributed by atoms with Crippen LogP contribution in [0.4, 0.5) is 13.2 Å². The molecule has 4 nitrogen and oxygen atoms in total. The van der Waals surface area contributed by atoms with Crippen molar-refractivity contribution in [3.8, 4) is 11.1 Å². The Balaban J connectivity index is 0.00000240. The van der Waals surface area contributed by atoms with Crippen molar-refractivity contribution in [1.82, 2.24) is 15.2 Å². The maximum atomic E-state index is 12.8. The van der Waals surface area contributed by atoms with Gasteiger partial charge in [-0.15, -0.1) is 12.4 Å². The van der Waals surface area contributed by atoms with Crippen LogP contribution in [0.25, 0.3) is 11.1 Å². The molecule has 0 radical (unpaired) electrons. The molecule has 2 fully saturated rings. The molecule has 0 aliphatic carbocycles. The SMILES string of the molecule is Cc1cc(-c2ccc(C(F)(F)F)cc2)cc([C@H]2CC[C@@]3(CCNC3=O)N2C)n1.Cl. The van der Waals surface area contributed by atoms with Gasteiger partial charge in [-0.2, -0.15) is 13.2 Å². The predicted octanol–water partition coefficient (Wildman–Crippen LogP) is 4.52. The molecule has 29 heavy (non-hydrogen) atoms. The lowest BCUT2D eigenvalue weighted by Gasteiger charge is -2.32. The molecule has 1 amide bonds. The Morgan fingerprint density at radius 1 is 1.14 bits per heavy atom. The highest BCUT2D eigenvalue weighted by Crippen LogP contribution is 2.45. The number of pyridine rings is 1. The van der Waals surface area contributed by atoms with Crippen molar-refractivity contribution in [2.75, 3.05) is 13.6 Å². The van der Waals surface area contributed by atoms with Gasteiger partial charge >= 0.3 is 6.18 Å². The number of amides is 1. The normalized spacial score (nSPS) is 24.6. The number of likely N-dealkylation sites (N-methyl/N-ethyl adjacent to an activating group) is 1. The molecule has 0 unspecified atom stereocenters. The number of nitrogens with one attached hydrogen (secondary N) is 1. The molecular formula is C21H23ClF3N3O. The lowest BCUT2D eigenvalue weighted by atomic mass is 9.95. The maximum absolute atomic E-state index is 12.8. The van der Waals surface area contributed by atoms with Gasteiger partial charge in [0.05, 0.1) is 17.3 Å². The summed E-state index contributed by atoms with van der Waals surface area (Å²) in [5, 5.41) is 2.93. The van der Waals surface area contributed by atoms with E-state index in [1.807, 2.05) is 26.1 Å². The van der Waals surface area contributed by atoms with E-state index in [0.29, 0.717) is 12.1 Å². The van der Waals surface area contributed by atoms with Gasteiger partial charge in [0, 0.05) is 12.2 Å². The molecule has 2 aromatic rings. The third kappa shape index (κ3) is 3.73. The molecule has 0 saturated carbocycles. The summed E-state index contributed by atoms with van der Waals surface area (Å²) in [5.74, 6) is 0.0770. The van der Waals surface area contributed by atoms with E-state index in [1.54, 1.807) is 0 Å². The molecule has 156 valence electrons. The number of halogens is 4. The first kappa shape index (κ1) is 21.6. The van der Waals surface area contributed by atoms with E-state index in [1.165, 1.54) is 12.1 Å². The third-order valence-electron chi connectivity index (χ3n) is 6.08. The second kappa shape index (κ2) is 7.61. The van der Waals surface area contributed by atoms with E-state index in [4.69, 9.17) is 0 Å².